The summed E-state index contributed by atoms with van der Waals surface area (Å²) in [6.07, 6.45) is -3.34. The predicted octanol–water partition coefficient (Wildman–Crippen LogP) is 2.75. The summed E-state index contributed by atoms with van der Waals surface area (Å²) in [5, 5.41) is 7.30. The number of benzene rings is 1. The molecule has 2 heterocycles. The van der Waals surface area contributed by atoms with Crippen LogP contribution in [0, 0.1) is 0 Å². The van der Waals surface area contributed by atoms with Crippen molar-refractivity contribution in [3.05, 3.63) is 41.1 Å². The maximum Gasteiger partial charge on any atom is 0.303 e. The van der Waals surface area contributed by atoms with E-state index in [1.165, 1.54) is 13.8 Å². The first kappa shape index (κ1) is 31.0. The van der Waals surface area contributed by atoms with Crippen LogP contribution in [0.25, 0.3) is 0 Å². The summed E-state index contributed by atoms with van der Waals surface area (Å²) in [6.45, 7) is 6.30. The van der Waals surface area contributed by atoms with Crippen molar-refractivity contribution < 1.29 is 47.6 Å². The van der Waals surface area contributed by atoms with Gasteiger partial charge in [-0.1, -0.05) is 19.1 Å². The molecule has 2 aromatic rings. The third kappa shape index (κ3) is 8.21. The number of ether oxygens (including phenoxy) is 6. The average Bonchev–Trinajstić information content (AvgIpc) is 3.26. The number of carbonyl (C=O) groups is 4. The number of hydrogen-bond acceptors (Lipinski definition) is 12. The Bertz CT molecular complexity index is 1200. The Kier molecular flexibility index (Phi) is 11.0. The molecule has 5 atom stereocenters. The number of nitrogens with zero attached hydrogens (tertiary/aromatic N) is 1. The second-order valence-electron chi connectivity index (χ2n) is 9.05. The summed E-state index contributed by atoms with van der Waals surface area (Å²) < 4.78 is 33.7. The molecule has 0 amide bonds. The molecule has 3 rings (SSSR count). The van der Waals surface area contributed by atoms with Crippen LogP contribution >= 0.6 is 11.8 Å². The van der Waals surface area contributed by atoms with Gasteiger partial charge in [-0.05, 0) is 30.4 Å². The Morgan fingerprint density at radius 1 is 0.900 bits per heavy atom. The van der Waals surface area contributed by atoms with Crippen molar-refractivity contribution in [2.24, 2.45) is 0 Å². The standard InChI is InChI=1S/C27H34N2O10S/c1-7-21-20(12-18-8-10-19(40-6)11-9-18)26(29-28-21)39-27-25(37-17(5)33)24(36-16(4)32)23(35-15(3)31)22(38-27)13-34-14(2)30/h8-11,22-25,27H,7,12-13H2,1-6H3,(H,28,29)/t22-,23-,24+,25-,27?/m1/s1. The van der Waals surface area contributed by atoms with Gasteiger partial charge < -0.3 is 28.4 Å². The van der Waals surface area contributed by atoms with Gasteiger partial charge in [0.2, 0.25) is 18.3 Å². The average molecular weight is 579 g/mol. The fourth-order valence-corrected chi connectivity index (χ4v) is 4.70. The molecule has 1 fully saturated rings. The van der Waals surface area contributed by atoms with Gasteiger partial charge in [-0.25, -0.2) is 0 Å². The molecule has 0 spiro atoms. The van der Waals surface area contributed by atoms with Crippen LogP contribution in [0.1, 0.15) is 51.4 Å². The zero-order valence-corrected chi connectivity index (χ0v) is 24.1. The van der Waals surface area contributed by atoms with Crippen LogP contribution in [0.5, 0.6) is 5.88 Å². The summed E-state index contributed by atoms with van der Waals surface area (Å²) >= 11 is 1.64. The van der Waals surface area contributed by atoms with E-state index in [-0.39, 0.29) is 12.5 Å². The van der Waals surface area contributed by atoms with E-state index in [1.807, 2.05) is 37.4 Å². The van der Waals surface area contributed by atoms with Gasteiger partial charge in [-0.2, -0.15) is 0 Å². The lowest BCUT2D eigenvalue weighted by Gasteiger charge is -2.43. The number of carbonyl (C=O) groups excluding carboxylic acids is 4. The molecular formula is C27H34N2O10S. The van der Waals surface area contributed by atoms with Gasteiger partial charge in [-0.15, -0.1) is 16.9 Å². The monoisotopic (exact) mass is 578 g/mol. The number of nitrogens with one attached hydrogen (secondary N) is 1. The number of esters is 4. The van der Waals surface area contributed by atoms with E-state index in [0.29, 0.717) is 12.8 Å². The molecule has 1 aromatic heterocycles. The van der Waals surface area contributed by atoms with Crippen LogP contribution in [0.2, 0.25) is 0 Å². The fourth-order valence-electron chi connectivity index (χ4n) is 4.30. The van der Waals surface area contributed by atoms with E-state index in [0.717, 1.165) is 35.6 Å². The molecule has 1 aliphatic rings. The molecule has 0 radical (unpaired) electrons. The lowest BCUT2D eigenvalue weighted by molar-refractivity contribution is -0.289. The number of aromatic nitrogens is 2. The number of H-pyrrole nitrogens is 1. The van der Waals surface area contributed by atoms with E-state index < -0.39 is 54.6 Å². The summed E-state index contributed by atoms with van der Waals surface area (Å²) in [6, 6.07) is 8.06. The van der Waals surface area contributed by atoms with E-state index in [2.05, 4.69) is 10.2 Å². The molecule has 40 heavy (non-hydrogen) atoms. The molecule has 0 aliphatic carbocycles. The Labute approximate surface area is 236 Å². The highest BCUT2D eigenvalue weighted by Gasteiger charge is 2.53. The molecule has 0 bridgehead atoms. The van der Waals surface area contributed by atoms with Crippen LogP contribution in [-0.2, 0) is 55.7 Å². The third-order valence-corrected chi connectivity index (χ3v) is 6.73. The summed E-state index contributed by atoms with van der Waals surface area (Å²) in [4.78, 5) is 48.8. The molecule has 218 valence electrons. The van der Waals surface area contributed by atoms with Crippen LogP contribution in [-0.4, -0.2) is 77.6 Å². The van der Waals surface area contributed by atoms with Crippen LogP contribution < -0.4 is 4.74 Å². The van der Waals surface area contributed by atoms with Crippen LogP contribution in [0.3, 0.4) is 0 Å². The SMILES string of the molecule is CCc1[nH]nc(OC2O[C@H](COC(C)=O)[C@@H](OC(C)=O)[C@H](OC(C)=O)[C@H]2OC(C)=O)c1Cc1ccc(SC)cc1. The molecule has 0 saturated carbocycles. The van der Waals surface area contributed by atoms with Gasteiger partial charge in [0.1, 0.15) is 12.7 Å². The van der Waals surface area contributed by atoms with Gasteiger partial charge in [0.15, 0.2) is 12.2 Å². The lowest BCUT2D eigenvalue weighted by Crippen LogP contribution is -2.63. The Morgan fingerprint density at radius 2 is 1.50 bits per heavy atom. The minimum atomic E-state index is -1.37. The highest BCUT2D eigenvalue weighted by Crippen LogP contribution is 2.33. The maximum absolute atomic E-state index is 12.1. The largest absolute Gasteiger partial charge is 0.463 e. The molecule has 12 nitrogen and oxygen atoms in total. The molecule has 1 unspecified atom stereocenters. The second-order valence-corrected chi connectivity index (χ2v) is 9.93. The zero-order chi connectivity index (χ0) is 29.4. The first-order chi connectivity index (χ1) is 19.0. The van der Waals surface area contributed by atoms with E-state index in [1.54, 1.807) is 11.8 Å². The molecular weight excluding hydrogens is 544 g/mol. The van der Waals surface area contributed by atoms with E-state index in [4.69, 9.17) is 28.4 Å². The third-order valence-electron chi connectivity index (χ3n) is 5.98. The van der Waals surface area contributed by atoms with Gasteiger partial charge in [0.25, 0.3) is 0 Å². The Morgan fingerprint density at radius 3 is 2.05 bits per heavy atom. The number of aromatic amines is 1. The van der Waals surface area contributed by atoms with E-state index in [9.17, 15) is 19.2 Å². The molecule has 1 aliphatic heterocycles. The Balaban J connectivity index is 2.00. The minimum absolute atomic E-state index is 0.187. The molecule has 13 heteroatoms. The maximum atomic E-state index is 12.1. The van der Waals surface area contributed by atoms with Crippen molar-refractivity contribution in [2.45, 2.75) is 83.1 Å². The quantitative estimate of drug-likeness (QED) is 0.237. The smallest absolute Gasteiger partial charge is 0.303 e. The van der Waals surface area contributed by atoms with Crippen molar-refractivity contribution in [1.29, 1.82) is 0 Å². The number of aryl methyl sites for hydroxylation is 1. The Hall–Kier alpha value is -3.58. The highest BCUT2D eigenvalue weighted by atomic mass is 32.2. The van der Waals surface area contributed by atoms with Gasteiger partial charge in [-0.3, -0.25) is 24.3 Å². The predicted molar refractivity (Wildman–Crippen MR) is 142 cm³/mol. The normalized spacial score (nSPS) is 22.2. The summed E-state index contributed by atoms with van der Waals surface area (Å²) in [5.41, 5.74) is 2.60. The van der Waals surface area contributed by atoms with Crippen LogP contribution in [0.15, 0.2) is 29.2 Å². The number of hydrogen-bond donors (Lipinski definition) is 1. The number of rotatable bonds is 11. The first-order valence-corrected chi connectivity index (χ1v) is 13.9. The van der Waals surface area contributed by atoms with Gasteiger partial charge >= 0.3 is 23.9 Å². The number of thioether (sulfide) groups is 1. The fraction of sp³-hybridized carbons (Fsp3) is 0.519. The summed E-state index contributed by atoms with van der Waals surface area (Å²) in [7, 11) is 0. The van der Waals surface area contributed by atoms with Crippen molar-refractivity contribution in [3.63, 3.8) is 0 Å². The topological polar surface area (TPSA) is 152 Å². The summed E-state index contributed by atoms with van der Waals surface area (Å²) in [5.74, 6) is -2.58. The van der Waals surface area contributed by atoms with Crippen molar-refractivity contribution in [3.8, 4) is 5.88 Å². The molecule has 1 saturated heterocycles. The first-order valence-electron chi connectivity index (χ1n) is 12.7. The van der Waals surface area contributed by atoms with Crippen molar-refractivity contribution in [2.75, 3.05) is 12.9 Å². The van der Waals surface area contributed by atoms with Gasteiger partial charge in [0, 0.05) is 50.3 Å². The minimum Gasteiger partial charge on any atom is -0.463 e. The highest BCUT2D eigenvalue weighted by molar-refractivity contribution is 7.98. The molecule has 1 aromatic carbocycles. The second kappa shape index (κ2) is 14.2. The van der Waals surface area contributed by atoms with Crippen molar-refractivity contribution >= 4 is 35.6 Å². The van der Waals surface area contributed by atoms with Gasteiger partial charge in [0.05, 0.1) is 0 Å². The van der Waals surface area contributed by atoms with Crippen LogP contribution in [0.4, 0.5) is 0 Å². The van der Waals surface area contributed by atoms with E-state index >= 15 is 0 Å². The zero-order valence-electron chi connectivity index (χ0n) is 23.3. The lowest BCUT2D eigenvalue weighted by atomic mass is 9.98. The van der Waals surface area contributed by atoms with Crippen molar-refractivity contribution in [1.82, 2.24) is 10.2 Å². The molecule has 1 N–H and O–H groups in total.